The van der Waals surface area contributed by atoms with E-state index in [-0.39, 0.29) is 5.91 Å². The molecule has 4 heteroatoms. The number of fused-ring (bicyclic) bond motifs is 2. The highest BCUT2D eigenvalue weighted by molar-refractivity contribution is 6.15. The van der Waals surface area contributed by atoms with Gasteiger partial charge in [0.2, 0.25) is 0 Å². The van der Waals surface area contributed by atoms with Crippen molar-refractivity contribution in [3.05, 3.63) is 71.8 Å². The van der Waals surface area contributed by atoms with E-state index in [2.05, 4.69) is 40.5 Å². The Bertz CT molecular complexity index is 848. The predicted molar refractivity (Wildman–Crippen MR) is 102 cm³/mol. The van der Waals surface area contributed by atoms with Gasteiger partial charge in [0, 0.05) is 31.1 Å². The van der Waals surface area contributed by atoms with Gasteiger partial charge in [0.05, 0.1) is 0 Å². The number of rotatable bonds is 3. The molecule has 2 aromatic rings. The van der Waals surface area contributed by atoms with Crippen molar-refractivity contribution in [2.75, 3.05) is 13.1 Å². The highest BCUT2D eigenvalue weighted by Gasteiger charge is 2.59. The van der Waals surface area contributed by atoms with E-state index in [4.69, 9.17) is 4.99 Å². The van der Waals surface area contributed by atoms with Crippen LogP contribution in [-0.4, -0.2) is 35.3 Å². The molecule has 1 aliphatic carbocycles. The maximum Gasteiger partial charge on any atom is 0.253 e. The van der Waals surface area contributed by atoms with Crippen molar-refractivity contribution < 1.29 is 4.79 Å². The molecule has 5 rings (SSSR count). The molecule has 0 radical (unpaired) electrons. The molecular formula is C22H23N3O. The van der Waals surface area contributed by atoms with Crippen molar-refractivity contribution >= 4 is 11.7 Å². The lowest BCUT2D eigenvalue weighted by Crippen LogP contribution is -2.44. The number of amides is 1. The first-order valence-corrected chi connectivity index (χ1v) is 9.48. The van der Waals surface area contributed by atoms with Crippen LogP contribution in [0.3, 0.4) is 0 Å². The average molecular weight is 345 g/mol. The number of likely N-dealkylation sites (tertiary alicyclic amines) is 1. The van der Waals surface area contributed by atoms with Gasteiger partial charge in [-0.15, -0.1) is 0 Å². The lowest BCUT2D eigenvalue weighted by molar-refractivity contribution is -0.125. The Hall–Kier alpha value is -2.46. The molecule has 1 N–H and O–H groups in total. The fourth-order valence-electron chi connectivity index (χ4n) is 5.00. The molecule has 2 aliphatic heterocycles. The van der Waals surface area contributed by atoms with Gasteiger partial charge < -0.3 is 5.32 Å². The molecule has 1 spiro atoms. The molecule has 4 nitrogen and oxygen atoms in total. The zero-order chi connectivity index (χ0) is 17.6. The normalized spacial score (nSPS) is 30.5. The van der Waals surface area contributed by atoms with Crippen LogP contribution in [-0.2, 0) is 11.3 Å². The Morgan fingerprint density at radius 2 is 1.77 bits per heavy atom. The fourth-order valence-corrected chi connectivity index (χ4v) is 5.00. The first-order valence-electron chi connectivity index (χ1n) is 9.48. The molecule has 0 bridgehead atoms. The van der Waals surface area contributed by atoms with Gasteiger partial charge in [0.15, 0.2) is 0 Å². The van der Waals surface area contributed by atoms with Crippen LogP contribution in [0.1, 0.15) is 24.0 Å². The molecule has 0 aromatic heterocycles. The van der Waals surface area contributed by atoms with E-state index in [0.717, 1.165) is 43.9 Å². The van der Waals surface area contributed by atoms with Crippen molar-refractivity contribution in [2.45, 2.75) is 24.9 Å². The lowest BCUT2D eigenvalue weighted by Gasteiger charge is -2.25. The number of amidine groups is 1. The Morgan fingerprint density at radius 1 is 1.04 bits per heavy atom. The second kappa shape index (κ2) is 6.06. The molecule has 26 heavy (non-hydrogen) atoms. The maximum atomic E-state index is 12.9. The summed E-state index contributed by atoms with van der Waals surface area (Å²) in [7, 11) is 0. The molecule has 0 unspecified atom stereocenters. The predicted octanol–water partition coefficient (Wildman–Crippen LogP) is 2.84. The van der Waals surface area contributed by atoms with E-state index in [0.29, 0.717) is 11.8 Å². The number of carbonyl (C=O) groups is 1. The molecule has 2 heterocycles. The number of benzene rings is 2. The van der Waals surface area contributed by atoms with Gasteiger partial charge in [-0.1, -0.05) is 60.7 Å². The maximum absolute atomic E-state index is 12.9. The number of carbonyl (C=O) groups excluding carboxylic acids is 1. The summed E-state index contributed by atoms with van der Waals surface area (Å²) in [6.07, 6.45) is 1.97. The number of nitrogens with one attached hydrogen (secondary N) is 1. The number of aliphatic imine (C=N–C) groups is 1. The molecule has 3 atom stereocenters. The van der Waals surface area contributed by atoms with Crippen LogP contribution >= 0.6 is 0 Å². The van der Waals surface area contributed by atoms with Crippen LogP contribution in [0.15, 0.2) is 65.7 Å². The zero-order valence-electron chi connectivity index (χ0n) is 14.8. The number of hydrogen-bond acceptors (Lipinski definition) is 3. The van der Waals surface area contributed by atoms with E-state index in [9.17, 15) is 4.79 Å². The molecular weight excluding hydrogens is 322 g/mol. The summed E-state index contributed by atoms with van der Waals surface area (Å²) in [5.41, 5.74) is 1.78. The summed E-state index contributed by atoms with van der Waals surface area (Å²) < 4.78 is 0. The van der Waals surface area contributed by atoms with Crippen LogP contribution in [0.25, 0.3) is 0 Å². The second-order valence-electron chi connectivity index (χ2n) is 7.79. The summed E-state index contributed by atoms with van der Waals surface area (Å²) >= 11 is 0. The minimum atomic E-state index is -0.554. The molecule has 2 aromatic carbocycles. The topological polar surface area (TPSA) is 44.7 Å². The second-order valence-corrected chi connectivity index (χ2v) is 7.79. The summed E-state index contributed by atoms with van der Waals surface area (Å²) in [4.78, 5) is 20.4. The number of hydrogen-bond donors (Lipinski definition) is 1. The van der Waals surface area contributed by atoms with Crippen molar-refractivity contribution in [2.24, 2.45) is 16.8 Å². The first kappa shape index (κ1) is 15.8. The standard InChI is InChI=1S/C22H23N3O/c26-21-22(24-20(23-21)17-9-5-2-6-10-17)12-11-18-14-25(15-19(18)22)13-16-7-3-1-4-8-16/h1-10,18-19H,11-15H2,(H,23,24,26)/t18-,19+,22-/m0/s1. The molecule has 1 saturated heterocycles. The smallest absolute Gasteiger partial charge is 0.253 e. The van der Waals surface area contributed by atoms with Crippen LogP contribution < -0.4 is 5.32 Å². The highest BCUT2D eigenvalue weighted by atomic mass is 16.2. The zero-order valence-corrected chi connectivity index (χ0v) is 14.8. The van der Waals surface area contributed by atoms with E-state index in [1.54, 1.807) is 0 Å². The van der Waals surface area contributed by atoms with Gasteiger partial charge >= 0.3 is 0 Å². The van der Waals surface area contributed by atoms with Crippen molar-refractivity contribution in [3.8, 4) is 0 Å². The Labute approximate surface area is 153 Å². The van der Waals surface area contributed by atoms with Gasteiger partial charge in [-0.05, 0) is 24.3 Å². The Kier molecular flexibility index (Phi) is 3.68. The average Bonchev–Trinajstić information content (AvgIpc) is 3.33. The monoisotopic (exact) mass is 345 g/mol. The van der Waals surface area contributed by atoms with Crippen LogP contribution in [0.4, 0.5) is 0 Å². The molecule has 1 saturated carbocycles. The van der Waals surface area contributed by atoms with E-state index in [1.165, 1.54) is 5.56 Å². The van der Waals surface area contributed by atoms with Gasteiger partial charge in [-0.25, -0.2) is 0 Å². The molecule has 1 amide bonds. The lowest BCUT2D eigenvalue weighted by atomic mass is 9.85. The van der Waals surface area contributed by atoms with Crippen molar-refractivity contribution in [3.63, 3.8) is 0 Å². The first-order chi connectivity index (χ1) is 12.7. The van der Waals surface area contributed by atoms with Gasteiger partial charge in [-0.2, -0.15) is 0 Å². The quantitative estimate of drug-likeness (QED) is 0.930. The van der Waals surface area contributed by atoms with Gasteiger partial charge in [0.1, 0.15) is 11.4 Å². The van der Waals surface area contributed by atoms with E-state index >= 15 is 0 Å². The molecule has 2 fully saturated rings. The minimum absolute atomic E-state index is 0.102. The summed E-state index contributed by atoms with van der Waals surface area (Å²) in [6, 6.07) is 20.6. The highest BCUT2D eigenvalue weighted by Crippen LogP contribution is 2.49. The van der Waals surface area contributed by atoms with E-state index < -0.39 is 5.54 Å². The van der Waals surface area contributed by atoms with Crippen LogP contribution in [0, 0.1) is 11.8 Å². The minimum Gasteiger partial charge on any atom is -0.308 e. The van der Waals surface area contributed by atoms with Crippen molar-refractivity contribution in [1.82, 2.24) is 10.2 Å². The van der Waals surface area contributed by atoms with E-state index in [1.807, 2.05) is 30.3 Å². The van der Waals surface area contributed by atoms with Crippen molar-refractivity contribution in [1.29, 1.82) is 0 Å². The summed E-state index contributed by atoms with van der Waals surface area (Å²) in [5.74, 6) is 1.75. The largest absolute Gasteiger partial charge is 0.308 e. The Morgan fingerprint density at radius 3 is 2.54 bits per heavy atom. The van der Waals surface area contributed by atoms with Gasteiger partial charge in [0.25, 0.3) is 5.91 Å². The fraction of sp³-hybridized carbons (Fsp3) is 0.364. The third-order valence-corrected chi connectivity index (χ3v) is 6.26. The molecule has 3 aliphatic rings. The summed E-state index contributed by atoms with van der Waals surface area (Å²) in [5, 5.41) is 3.07. The van der Waals surface area contributed by atoms with Crippen LogP contribution in [0.5, 0.6) is 0 Å². The van der Waals surface area contributed by atoms with Crippen LogP contribution in [0.2, 0.25) is 0 Å². The number of nitrogens with zero attached hydrogens (tertiary/aromatic N) is 2. The molecule has 132 valence electrons. The van der Waals surface area contributed by atoms with Gasteiger partial charge in [-0.3, -0.25) is 14.7 Å². The summed E-state index contributed by atoms with van der Waals surface area (Å²) in [6.45, 7) is 2.99. The Balaban J connectivity index is 1.39. The SMILES string of the molecule is O=C1NC(c2ccccc2)=N[C@]12CC[C@H]1CN(Cc3ccccc3)C[C@H]12. The third kappa shape index (κ3) is 2.48. The third-order valence-electron chi connectivity index (χ3n) is 6.26.